The number of fused-ring (bicyclic) bond motifs is 1. The average molecular weight is 285 g/mol. The predicted octanol–water partition coefficient (Wildman–Crippen LogP) is 1.49. The number of carbonyl (C=O) groups is 1. The second-order valence-electron chi connectivity index (χ2n) is 4.88. The fourth-order valence-electron chi connectivity index (χ4n) is 2.10. The van der Waals surface area contributed by atoms with Gasteiger partial charge in [0.15, 0.2) is 0 Å². The molecule has 1 aromatic heterocycles. The number of hydrogen-bond donors (Lipinski definition) is 2. The highest BCUT2D eigenvalue weighted by molar-refractivity contribution is 5.97. The van der Waals surface area contributed by atoms with Crippen LogP contribution in [-0.2, 0) is 4.79 Å². The van der Waals surface area contributed by atoms with E-state index >= 15 is 0 Å². The van der Waals surface area contributed by atoms with Crippen molar-refractivity contribution in [2.75, 3.05) is 6.54 Å². The van der Waals surface area contributed by atoms with E-state index in [0.29, 0.717) is 6.42 Å². The lowest BCUT2D eigenvalue weighted by molar-refractivity contribution is -0.368. The molecule has 0 aliphatic heterocycles. The summed E-state index contributed by atoms with van der Waals surface area (Å²) in [7, 11) is 0. The monoisotopic (exact) mass is 285 g/mol. The number of amides is 1. The molecule has 0 bridgehead atoms. The fraction of sp³-hybridized carbons (Fsp3) is 0.312. The minimum atomic E-state index is -0.0523. The van der Waals surface area contributed by atoms with E-state index in [1.165, 1.54) is 0 Å². The quantitative estimate of drug-likeness (QED) is 0.459. The second kappa shape index (κ2) is 8.11. The maximum atomic E-state index is 11.6. The molecule has 0 spiro atoms. The van der Waals surface area contributed by atoms with Crippen LogP contribution in [0, 0.1) is 0 Å². The summed E-state index contributed by atoms with van der Waals surface area (Å²) in [5, 5.41) is 5.07. The highest BCUT2D eigenvalue weighted by atomic mass is 16.2. The molecule has 0 fully saturated rings. The number of quaternary nitrogens is 1. The third kappa shape index (κ3) is 4.65. The van der Waals surface area contributed by atoms with Gasteiger partial charge in [0.2, 0.25) is 5.91 Å². The Balaban J connectivity index is 1.90. The van der Waals surface area contributed by atoms with Crippen molar-refractivity contribution in [2.45, 2.75) is 25.7 Å². The number of pyridine rings is 1. The van der Waals surface area contributed by atoms with Crippen LogP contribution in [0.15, 0.2) is 41.6 Å². The second-order valence-corrected chi connectivity index (χ2v) is 4.88. The summed E-state index contributed by atoms with van der Waals surface area (Å²) in [6, 6.07) is 9.78. The van der Waals surface area contributed by atoms with Gasteiger partial charge >= 0.3 is 0 Å². The van der Waals surface area contributed by atoms with E-state index in [0.717, 1.165) is 42.3 Å². The molecule has 0 radical (unpaired) electrons. The standard InChI is InChI=1S/C16H20N4O/c17-10-3-1-2-9-15(21)20-19-12-14-7-4-6-13-8-5-11-18-16(13)14/h4-8,11-12H,1-3,9-10,17H2,(H,20,21)/p+1/b19-12-. The zero-order valence-corrected chi connectivity index (χ0v) is 12.1. The largest absolute Gasteiger partial charge is 0.358 e. The van der Waals surface area contributed by atoms with Crippen molar-refractivity contribution in [3.05, 3.63) is 42.1 Å². The van der Waals surface area contributed by atoms with E-state index in [1.807, 2.05) is 30.3 Å². The Labute approximate surface area is 124 Å². The Morgan fingerprint density at radius 2 is 2.10 bits per heavy atom. The molecule has 110 valence electrons. The minimum absolute atomic E-state index is 0.0523. The number of benzene rings is 1. The van der Waals surface area contributed by atoms with Crippen molar-refractivity contribution in [3.63, 3.8) is 0 Å². The molecule has 1 aromatic carbocycles. The first-order chi connectivity index (χ1) is 10.3. The molecule has 0 saturated carbocycles. The number of nitrogens with one attached hydrogen (secondary N) is 1. The normalized spacial score (nSPS) is 11.1. The van der Waals surface area contributed by atoms with Crippen molar-refractivity contribution in [3.8, 4) is 0 Å². The van der Waals surface area contributed by atoms with Crippen LogP contribution in [0.1, 0.15) is 31.2 Å². The van der Waals surface area contributed by atoms with E-state index in [9.17, 15) is 4.79 Å². The molecular formula is C16H21N4O+. The molecular weight excluding hydrogens is 264 g/mol. The molecule has 5 nitrogen and oxygen atoms in total. The van der Waals surface area contributed by atoms with Crippen molar-refractivity contribution in [1.29, 1.82) is 0 Å². The molecule has 0 atom stereocenters. The number of hydrogen-bond acceptors (Lipinski definition) is 3. The van der Waals surface area contributed by atoms with Gasteiger partial charge < -0.3 is 5.73 Å². The van der Waals surface area contributed by atoms with Crippen LogP contribution in [0.4, 0.5) is 0 Å². The van der Waals surface area contributed by atoms with Crippen molar-refractivity contribution in [1.82, 2.24) is 10.4 Å². The summed E-state index contributed by atoms with van der Waals surface area (Å²) in [5.74, 6) is -0.0523. The number of nitrogens with zero attached hydrogens (tertiary/aromatic N) is 2. The SMILES string of the molecule is [NH3+]CCCCCC(=O)N/N=C\c1cccc2cccnc12. The molecule has 0 aliphatic rings. The van der Waals surface area contributed by atoms with Gasteiger partial charge in [0.05, 0.1) is 18.3 Å². The third-order valence-electron chi connectivity index (χ3n) is 3.21. The molecule has 21 heavy (non-hydrogen) atoms. The van der Waals surface area contributed by atoms with Gasteiger partial charge in [-0.25, -0.2) is 5.43 Å². The first kappa shape index (κ1) is 15.1. The molecule has 2 rings (SSSR count). The summed E-state index contributed by atoms with van der Waals surface area (Å²) >= 11 is 0. The Kier molecular flexibility index (Phi) is 5.84. The average Bonchev–Trinajstić information content (AvgIpc) is 2.52. The predicted molar refractivity (Wildman–Crippen MR) is 83.7 cm³/mol. The van der Waals surface area contributed by atoms with Gasteiger partial charge in [-0.3, -0.25) is 9.78 Å². The van der Waals surface area contributed by atoms with Gasteiger partial charge in [0.25, 0.3) is 0 Å². The zero-order valence-electron chi connectivity index (χ0n) is 12.1. The highest BCUT2D eigenvalue weighted by Gasteiger charge is 2.01. The van der Waals surface area contributed by atoms with Gasteiger partial charge in [0.1, 0.15) is 0 Å². The van der Waals surface area contributed by atoms with Crippen molar-refractivity contribution < 1.29 is 10.5 Å². The van der Waals surface area contributed by atoms with Crippen molar-refractivity contribution in [2.24, 2.45) is 5.10 Å². The summed E-state index contributed by atoms with van der Waals surface area (Å²) in [6.45, 7) is 0.924. The Morgan fingerprint density at radius 3 is 2.95 bits per heavy atom. The molecule has 1 heterocycles. The van der Waals surface area contributed by atoms with Crippen LogP contribution >= 0.6 is 0 Å². The number of hydrazone groups is 1. The molecule has 5 heteroatoms. The van der Waals surface area contributed by atoms with Gasteiger partial charge in [-0.15, -0.1) is 0 Å². The third-order valence-corrected chi connectivity index (χ3v) is 3.21. The van der Waals surface area contributed by atoms with Crippen molar-refractivity contribution >= 4 is 23.0 Å². The summed E-state index contributed by atoms with van der Waals surface area (Å²) in [4.78, 5) is 15.9. The van der Waals surface area contributed by atoms with Gasteiger partial charge in [-0.2, -0.15) is 5.10 Å². The first-order valence-corrected chi connectivity index (χ1v) is 7.26. The Hall–Kier alpha value is -2.27. The number of rotatable bonds is 7. The lowest BCUT2D eigenvalue weighted by Gasteiger charge is -2.01. The lowest BCUT2D eigenvalue weighted by Crippen LogP contribution is -2.50. The van der Waals surface area contributed by atoms with Gasteiger partial charge in [-0.1, -0.05) is 24.3 Å². The Bertz CT molecular complexity index is 619. The van der Waals surface area contributed by atoms with Gasteiger partial charge in [0, 0.05) is 23.6 Å². The maximum Gasteiger partial charge on any atom is 0.240 e. The highest BCUT2D eigenvalue weighted by Crippen LogP contribution is 2.13. The van der Waals surface area contributed by atoms with E-state index in [2.05, 4.69) is 21.2 Å². The molecule has 0 aliphatic carbocycles. The van der Waals surface area contributed by atoms with Gasteiger partial charge in [-0.05, 0) is 25.3 Å². The summed E-state index contributed by atoms with van der Waals surface area (Å²) in [6.07, 6.45) is 6.88. The summed E-state index contributed by atoms with van der Waals surface area (Å²) < 4.78 is 0. The van der Waals surface area contributed by atoms with Crippen LogP contribution in [-0.4, -0.2) is 23.7 Å². The molecule has 1 amide bonds. The first-order valence-electron chi connectivity index (χ1n) is 7.26. The lowest BCUT2D eigenvalue weighted by atomic mass is 10.1. The molecule has 4 N–H and O–H groups in total. The molecule has 0 unspecified atom stereocenters. The van der Waals surface area contributed by atoms with Crippen LogP contribution in [0.5, 0.6) is 0 Å². The Morgan fingerprint density at radius 1 is 1.24 bits per heavy atom. The molecule has 0 saturated heterocycles. The molecule has 2 aromatic rings. The minimum Gasteiger partial charge on any atom is -0.358 e. The van der Waals surface area contributed by atoms with Crippen LogP contribution in [0.3, 0.4) is 0 Å². The van der Waals surface area contributed by atoms with Crippen LogP contribution < -0.4 is 11.2 Å². The van der Waals surface area contributed by atoms with E-state index < -0.39 is 0 Å². The fourth-order valence-corrected chi connectivity index (χ4v) is 2.10. The van der Waals surface area contributed by atoms with Crippen LogP contribution in [0.2, 0.25) is 0 Å². The number of unbranched alkanes of at least 4 members (excludes halogenated alkanes) is 2. The van der Waals surface area contributed by atoms with E-state index in [4.69, 9.17) is 0 Å². The summed E-state index contributed by atoms with van der Waals surface area (Å²) in [5.41, 5.74) is 8.12. The number of para-hydroxylation sites is 1. The van der Waals surface area contributed by atoms with E-state index in [1.54, 1.807) is 12.4 Å². The van der Waals surface area contributed by atoms with Crippen LogP contribution in [0.25, 0.3) is 10.9 Å². The van der Waals surface area contributed by atoms with E-state index in [-0.39, 0.29) is 5.91 Å². The number of carbonyl (C=O) groups excluding carboxylic acids is 1. The zero-order chi connectivity index (χ0) is 14.9. The maximum absolute atomic E-state index is 11.6. The number of aromatic nitrogens is 1. The topological polar surface area (TPSA) is 82.0 Å². The smallest absolute Gasteiger partial charge is 0.240 e.